The SMILES string of the molecule is C#Cc1ccc(OC2CCC(CC(=O)c3ccc(N4CCC(CO)CC4)nn3)CC2)cc1Cl. The first-order chi connectivity index (χ1) is 16.1. The molecule has 0 unspecified atom stereocenters. The fraction of sp³-hybridized carbons (Fsp3) is 0.500. The van der Waals surface area contributed by atoms with Crippen LogP contribution in [-0.2, 0) is 0 Å². The van der Waals surface area contributed by atoms with Crippen molar-refractivity contribution >= 4 is 23.2 Å². The van der Waals surface area contributed by atoms with Gasteiger partial charge in [-0.05, 0) is 74.6 Å². The van der Waals surface area contributed by atoms with Crippen LogP contribution in [0.1, 0.15) is 61.0 Å². The minimum Gasteiger partial charge on any atom is -0.490 e. The molecule has 4 rings (SSSR count). The molecule has 0 spiro atoms. The molecule has 6 nitrogen and oxygen atoms in total. The molecular weight excluding hydrogens is 438 g/mol. The Morgan fingerprint density at radius 2 is 1.85 bits per heavy atom. The van der Waals surface area contributed by atoms with Crippen molar-refractivity contribution in [2.75, 3.05) is 24.6 Å². The van der Waals surface area contributed by atoms with Crippen LogP contribution in [0, 0.1) is 24.2 Å². The van der Waals surface area contributed by atoms with Crippen molar-refractivity contribution in [1.29, 1.82) is 0 Å². The summed E-state index contributed by atoms with van der Waals surface area (Å²) in [6.45, 7) is 1.96. The number of carbonyl (C=O) groups is 1. The molecule has 0 amide bonds. The third kappa shape index (κ3) is 6.04. The summed E-state index contributed by atoms with van der Waals surface area (Å²) in [5, 5.41) is 18.3. The Hall–Kier alpha value is -2.62. The summed E-state index contributed by atoms with van der Waals surface area (Å²) in [6.07, 6.45) is 11.6. The van der Waals surface area contributed by atoms with Crippen molar-refractivity contribution in [3.05, 3.63) is 46.6 Å². The lowest BCUT2D eigenvalue weighted by Gasteiger charge is -2.31. The molecule has 0 bridgehead atoms. The van der Waals surface area contributed by atoms with E-state index in [0.717, 1.165) is 63.2 Å². The lowest BCUT2D eigenvalue weighted by molar-refractivity contribution is 0.0897. The number of nitrogens with zero attached hydrogens (tertiary/aromatic N) is 3. The number of Topliss-reactive ketones (excluding diaryl/α,β-unsaturated/α-hetero) is 1. The zero-order valence-electron chi connectivity index (χ0n) is 18.8. The van der Waals surface area contributed by atoms with Crippen molar-refractivity contribution in [1.82, 2.24) is 10.2 Å². The largest absolute Gasteiger partial charge is 0.490 e. The van der Waals surface area contributed by atoms with E-state index in [-0.39, 0.29) is 18.5 Å². The Balaban J connectivity index is 1.24. The van der Waals surface area contributed by atoms with Gasteiger partial charge in [-0.25, -0.2) is 0 Å². The van der Waals surface area contributed by atoms with Crippen LogP contribution in [0.5, 0.6) is 5.75 Å². The average Bonchev–Trinajstić information content (AvgIpc) is 2.85. The number of aromatic nitrogens is 2. The smallest absolute Gasteiger partial charge is 0.183 e. The standard InChI is InChI=1S/C26H30ClN3O3/c1-2-20-5-8-22(16-23(20)27)33-21-6-3-18(4-7-21)15-25(32)24-9-10-26(29-28-24)30-13-11-19(17-31)12-14-30/h1,5,8-10,16,18-19,21,31H,3-4,6-7,11-15,17H2. The second-order valence-electron chi connectivity index (χ2n) is 9.06. The summed E-state index contributed by atoms with van der Waals surface area (Å²) in [5.41, 5.74) is 1.10. The number of hydrogen-bond acceptors (Lipinski definition) is 6. The van der Waals surface area contributed by atoms with E-state index in [1.54, 1.807) is 18.2 Å². The van der Waals surface area contributed by atoms with Crippen molar-refractivity contribution in [3.8, 4) is 18.1 Å². The number of aliphatic hydroxyl groups excluding tert-OH is 1. The first-order valence-electron chi connectivity index (χ1n) is 11.7. The Morgan fingerprint density at radius 3 is 2.45 bits per heavy atom. The van der Waals surface area contributed by atoms with E-state index < -0.39 is 0 Å². The summed E-state index contributed by atoms with van der Waals surface area (Å²) in [6, 6.07) is 9.10. The van der Waals surface area contributed by atoms with Gasteiger partial charge in [0, 0.05) is 37.7 Å². The molecule has 7 heteroatoms. The van der Waals surface area contributed by atoms with Gasteiger partial charge in [0.15, 0.2) is 11.6 Å². The molecule has 1 saturated carbocycles. The highest BCUT2D eigenvalue weighted by Gasteiger charge is 2.26. The Labute approximate surface area is 200 Å². The molecule has 1 aliphatic heterocycles. The van der Waals surface area contributed by atoms with Crippen LogP contribution in [0.2, 0.25) is 5.02 Å². The zero-order chi connectivity index (χ0) is 23.2. The van der Waals surface area contributed by atoms with Gasteiger partial charge in [0.05, 0.1) is 11.1 Å². The molecule has 33 heavy (non-hydrogen) atoms. The highest BCUT2D eigenvalue weighted by molar-refractivity contribution is 6.31. The summed E-state index contributed by atoms with van der Waals surface area (Å²) in [5.74, 6) is 4.84. The molecule has 1 aromatic heterocycles. The van der Waals surface area contributed by atoms with Crippen molar-refractivity contribution in [3.63, 3.8) is 0 Å². The van der Waals surface area contributed by atoms with Crippen LogP contribution in [0.25, 0.3) is 0 Å². The normalized spacial score (nSPS) is 21.4. The first-order valence-corrected chi connectivity index (χ1v) is 12.1. The molecule has 2 aromatic rings. The van der Waals surface area contributed by atoms with Crippen LogP contribution in [0.15, 0.2) is 30.3 Å². The van der Waals surface area contributed by atoms with Gasteiger partial charge in [0.2, 0.25) is 0 Å². The van der Waals surface area contributed by atoms with Crippen LogP contribution in [-0.4, -0.2) is 46.9 Å². The highest BCUT2D eigenvalue weighted by atomic mass is 35.5. The van der Waals surface area contributed by atoms with E-state index in [4.69, 9.17) is 22.8 Å². The van der Waals surface area contributed by atoms with E-state index in [1.807, 2.05) is 12.1 Å². The van der Waals surface area contributed by atoms with Gasteiger partial charge < -0.3 is 14.7 Å². The van der Waals surface area contributed by atoms with Crippen molar-refractivity contribution < 1.29 is 14.6 Å². The number of carbonyl (C=O) groups excluding carboxylic acids is 1. The van der Waals surface area contributed by atoms with Gasteiger partial charge in [-0.2, -0.15) is 0 Å². The number of piperidine rings is 1. The van der Waals surface area contributed by atoms with E-state index in [1.165, 1.54) is 0 Å². The molecule has 1 saturated heterocycles. The molecule has 2 fully saturated rings. The molecular formula is C26H30ClN3O3. The quantitative estimate of drug-likeness (QED) is 0.476. The van der Waals surface area contributed by atoms with Gasteiger partial charge >= 0.3 is 0 Å². The van der Waals surface area contributed by atoms with Crippen LogP contribution in [0.4, 0.5) is 5.82 Å². The number of rotatable bonds is 7. The molecule has 2 heterocycles. The molecule has 0 atom stereocenters. The monoisotopic (exact) mass is 467 g/mol. The van der Waals surface area contributed by atoms with Crippen LogP contribution in [0.3, 0.4) is 0 Å². The van der Waals surface area contributed by atoms with Gasteiger partial charge in [0.25, 0.3) is 0 Å². The van der Waals surface area contributed by atoms with Gasteiger partial charge in [-0.15, -0.1) is 16.6 Å². The molecule has 1 aromatic carbocycles. The van der Waals surface area contributed by atoms with E-state index in [2.05, 4.69) is 21.0 Å². The number of aliphatic hydroxyl groups is 1. The van der Waals surface area contributed by atoms with Crippen molar-refractivity contribution in [2.24, 2.45) is 11.8 Å². The minimum atomic E-state index is 0.0501. The predicted molar refractivity (Wildman–Crippen MR) is 129 cm³/mol. The molecule has 1 aliphatic carbocycles. The number of halogens is 1. The van der Waals surface area contributed by atoms with E-state index in [0.29, 0.717) is 34.5 Å². The zero-order valence-corrected chi connectivity index (χ0v) is 19.5. The number of benzene rings is 1. The highest BCUT2D eigenvalue weighted by Crippen LogP contribution is 2.31. The van der Waals surface area contributed by atoms with Gasteiger partial charge in [-0.3, -0.25) is 4.79 Å². The molecule has 2 aliphatic rings. The third-order valence-corrected chi connectivity index (χ3v) is 7.11. The molecule has 174 valence electrons. The maximum absolute atomic E-state index is 12.7. The van der Waals surface area contributed by atoms with E-state index >= 15 is 0 Å². The number of ketones is 1. The Bertz CT molecular complexity index is 989. The minimum absolute atomic E-state index is 0.0501. The Kier molecular flexibility index (Phi) is 7.85. The summed E-state index contributed by atoms with van der Waals surface area (Å²) in [4.78, 5) is 14.9. The summed E-state index contributed by atoms with van der Waals surface area (Å²) in [7, 11) is 0. The van der Waals surface area contributed by atoms with Gasteiger partial charge in [-0.1, -0.05) is 17.5 Å². The Morgan fingerprint density at radius 1 is 1.09 bits per heavy atom. The first kappa shape index (κ1) is 23.5. The number of hydrogen-bond donors (Lipinski definition) is 1. The topological polar surface area (TPSA) is 75.5 Å². The fourth-order valence-corrected chi connectivity index (χ4v) is 4.91. The molecule has 0 radical (unpaired) electrons. The second kappa shape index (κ2) is 11.0. The fourth-order valence-electron chi connectivity index (χ4n) is 4.69. The predicted octanol–water partition coefficient (Wildman–Crippen LogP) is 4.53. The third-order valence-electron chi connectivity index (χ3n) is 6.80. The summed E-state index contributed by atoms with van der Waals surface area (Å²) >= 11 is 6.17. The maximum Gasteiger partial charge on any atom is 0.183 e. The van der Waals surface area contributed by atoms with Crippen LogP contribution < -0.4 is 9.64 Å². The van der Waals surface area contributed by atoms with Crippen molar-refractivity contribution in [2.45, 2.75) is 51.0 Å². The lowest BCUT2D eigenvalue weighted by atomic mass is 9.84. The lowest BCUT2D eigenvalue weighted by Crippen LogP contribution is -2.35. The number of anilines is 1. The van der Waals surface area contributed by atoms with Crippen LogP contribution >= 0.6 is 11.6 Å². The van der Waals surface area contributed by atoms with Gasteiger partial charge in [0.1, 0.15) is 11.4 Å². The number of ether oxygens (including phenoxy) is 1. The number of terminal acetylenes is 1. The maximum atomic E-state index is 12.7. The second-order valence-corrected chi connectivity index (χ2v) is 9.47. The average molecular weight is 468 g/mol. The molecule has 1 N–H and O–H groups in total. The van der Waals surface area contributed by atoms with E-state index in [9.17, 15) is 9.90 Å². The summed E-state index contributed by atoms with van der Waals surface area (Å²) < 4.78 is 6.08.